The maximum atomic E-state index is 12.4. The van der Waals surface area contributed by atoms with Crippen molar-refractivity contribution in [2.24, 2.45) is 0 Å². The number of benzene rings is 1. The molecular formula is C10H9Cl4NO3S. The smallest absolute Gasteiger partial charge is 0.245 e. The number of halogens is 4. The molecule has 2 rings (SSSR count). The summed E-state index contributed by atoms with van der Waals surface area (Å²) in [4.78, 5) is 0.0710. The minimum Gasteiger partial charge on any atom is -0.356 e. The second kappa shape index (κ2) is 5.56. The molecule has 1 fully saturated rings. The van der Waals surface area contributed by atoms with E-state index in [1.54, 1.807) is 0 Å². The van der Waals surface area contributed by atoms with Gasteiger partial charge in [0.15, 0.2) is 6.23 Å². The van der Waals surface area contributed by atoms with Crippen LogP contribution >= 0.6 is 46.4 Å². The third-order valence-corrected chi connectivity index (χ3v) is 5.22. The van der Waals surface area contributed by atoms with E-state index in [0.717, 1.165) is 4.31 Å². The van der Waals surface area contributed by atoms with Gasteiger partial charge in [-0.1, -0.05) is 46.4 Å². The number of sulfonamides is 1. The topological polar surface area (TPSA) is 46.6 Å². The predicted molar refractivity (Wildman–Crippen MR) is 75.4 cm³/mol. The molecule has 1 unspecified atom stereocenters. The highest BCUT2D eigenvalue weighted by atomic mass is 35.6. The second-order valence-corrected chi connectivity index (χ2v) is 8.53. The summed E-state index contributed by atoms with van der Waals surface area (Å²) in [6, 6.07) is 5.75. The van der Waals surface area contributed by atoms with Gasteiger partial charge < -0.3 is 4.74 Å². The number of rotatable bonds is 2. The van der Waals surface area contributed by atoms with Crippen molar-refractivity contribution >= 4 is 56.4 Å². The molecule has 19 heavy (non-hydrogen) atoms. The first kappa shape index (κ1) is 15.6. The molecule has 1 atom stereocenters. The van der Waals surface area contributed by atoms with Gasteiger partial charge in [-0.3, -0.25) is 0 Å². The number of alkyl halides is 3. The molecule has 4 nitrogen and oxygen atoms in total. The Balaban J connectivity index is 2.37. The van der Waals surface area contributed by atoms with Crippen LogP contribution in [0.25, 0.3) is 0 Å². The lowest BCUT2D eigenvalue weighted by molar-refractivity contribution is 0.0719. The first-order valence-electron chi connectivity index (χ1n) is 5.18. The van der Waals surface area contributed by atoms with Crippen LogP contribution < -0.4 is 0 Å². The van der Waals surface area contributed by atoms with Gasteiger partial charge in [-0.15, -0.1) is 0 Å². The van der Waals surface area contributed by atoms with Crippen LogP contribution in [0.5, 0.6) is 0 Å². The van der Waals surface area contributed by atoms with Gasteiger partial charge in [-0.2, -0.15) is 4.31 Å². The Labute approximate surface area is 131 Å². The summed E-state index contributed by atoms with van der Waals surface area (Å²) in [5.41, 5.74) is 0. The number of nitrogens with zero attached hydrogens (tertiary/aromatic N) is 1. The molecule has 0 radical (unpaired) electrons. The number of hydrogen-bond acceptors (Lipinski definition) is 3. The molecule has 1 aromatic carbocycles. The predicted octanol–water partition coefficient (Wildman–Crippen LogP) is 3.06. The standard InChI is InChI=1S/C10H9Cl4NO3S/c11-7-1-3-8(4-2-7)19(16,17)15-5-6-18-9(15)10(12,13)14/h1-4,9H,5-6H2. The lowest BCUT2D eigenvalue weighted by Crippen LogP contribution is -2.43. The summed E-state index contributed by atoms with van der Waals surface area (Å²) >= 11 is 22.9. The van der Waals surface area contributed by atoms with Crippen LogP contribution in [0.2, 0.25) is 5.02 Å². The van der Waals surface area contributed by atoms with Crippen LogP contribution in [0.15, 0.2) is 29.2 Å². The normalized spacial score (nSPS) is 21.8. The highest BCUT2D eigenvalue weighted by Gasteiger charge is 2.47. The summed E-state index contributed by atoms with van der Waals surface area (Å²) in [7, 11) is -3.79. The first-order valence-corrected chi connectivity index (χ1v) is 8.14. The van der Waals surface area contributed by atoms with Gasteiger partial charge >= 0.3 is 0 Å². The maximum absolute atomic E-state index is 12.4. The van der Waals surface area contributed by atoms with Crippen LogP contribution in [0, 0.1) is 0 Å². The quantitative estimate of drug-likeness (QED) is 0.757. The molecule has 0 amide bonds. The van der Waals surface area contributed by atoms with E-state index in [1.165, 1.54) is 24.3 Å². The molecule has 106 valence electrons. The van der Waals surface area contributed by atoms with Crippen molar-refractivity contribution in [2.45, 2.75) is 14.9 Å². The molecular weight excluding hydrogens is 356 g/mol. The van der Waals surface area contributed by atoms with Crippen molar-refractivity contribution in [3.8, 4) is 0 Å². The van der Waals surface area contributed by atoms with Gasteiger partial charge in [-0.25, -0.2) is 8.42 Å². The Hall–Kier alpha value is 0.250. The van der Waals surface area contributed by atoms with Crippen LogP contribution in [-0.2, 0) is 14.8 Å². The zero-order valence-electron chi connectivity index (χ0n) is 9.39. The maximum Gasteiger partial charge on any atom is 0.245 e. The SMILES string of the molecule is O=S(=O)(c1ccc(Cl)cc1)N1CCOC1C(Cl)(Cl)Cl. The van der Waals surface area contributed by atoms with E-state index in [2.05, 4.69) is 0 Å². The lowest BCUT2D eigenvalue weighted by atomic mass is 10.4. The molecule has 1 aromatic rings. The molecule has 0 bridgehead atoms. The third kappa shape index (κ3) is 3.29. The number of hydrogen-bond donors (Lipinski definition) is 0. The average molecular weight is 365 g/mol. The second-order valence-electron chi connectivity index (χ2n) is 3.83. The largest absolute Gasteiger partial charge is 0.356 e. The monoisotopic (exact) mass is 363 g/mol. The molecule has 0 N–H and O–H groups in total. The summed E-state index contributed by atoms with van der Waals surface area (Å²) < 4.78 is 29.2. The van der Waals surface area contributed by atoms with Crippen LogP contribution in [0.4, 0.5) is 0 Å². The zero-order valence-corrected chi connectivity index (χ0v) is 13.2. The Kier molecular flexibility index (Phi) is 4.58. The summed E-state index contributed by atoms with van der Waals surface area (Å²) in [5, 5.41) is 0.439. The van der Waals surface area contributed by atoms with Crippen molar-refractivity contribution in [2.75, 3.05) is 13.2 Å². The highest BCUT2D eigenvalue weighted by molar-refractivity contribution is 7.89. The lowest BCUT2D eigenvalue weighted by Gasteiger charge is -2.27. The van der Waals surface area contributed by atoms with Gasteiger partial charge in [0.1, 0.15) is 0 Å². The molecule has 0 spiro atoms. The van der Waals surface area contributed by atoms with Gasteiger partial charge in [0.05, 0.1) is 11.5 Å². The van der Waals surface area contributed by atoms with Gasteiger partial charge in [0.25, 0.3) is 0 Å². The third-order valence-electron chi connectivity index (χ3n) is 2.55. The van der Waals surface area contributed by atoms with Crippen molar-refractivity contribution in [1.82, 2.24) is 4.31 Å². The fourth-order valence-electron chi connectivity index (χ4n) is 1.70. The van der Waals surface area contributed by atoms with Crippen LogP contribution in [-0.4, -0.2) is 35.9 Å². The molecule has 1 heterocycles. The molecule has 0 aromatic heterocycles. The van der Waals surface area contributed by atoms with E-state index in [-0.39, 0.29) is 18.0 Å². The minimum absolute atomic E-state index is 0.0710. The molecule has 0 aliphatic carbocycles. The fourth-order valence-corrected chi connectivity index (χ4v) is 4.08. The summed E-state index contributed by atoms with van der Waals surface area (Å²) in [5.74, 6) is 0. The molecule has 9 heteroatoms. The van der Waals surface area contributed by atoms with Gasteiger partial charge in [0, 0.05) is 11.6 Å². The zero-order chi connectivity index (χ0) is 14.3. The Bertz CT molecular complexity index is 555. The first-order chi connectivity index (χ1) is 8.73. The van der Waals surface area contributed by atoms with Gasteiger partial charge in [-0.05, 0) is 24.3 Å². The van der Waals surface area contributed by atoms with Crippen molar-refractivity contribution in [3.05, 3.63) is 29.3 Å². The van der Waals surface area contributed by atoms with Crippen molar-refractivity contribution < 1.29 is 13.2 Å². The Morgan fingerprint density at radius 1 is 1.21 bits per heavy atom. The summed E-state index contributed by atoms with van der Waals surface area (Å²) in [6.45, 7) is 0.301. The van der Waals surface area contributed by atoms with E-state index in [9.17, 15) is 8.42 Å². The van der Waals surface area contributed by atoms with E-state index in [4.69, 9.17) is 51.1 Å². The molecule has 1 aliphatic rings. The van der Waals surface area contributed by atoms with Gasteiger partial charge in [0.2, 0.25) is 13.8 Å². The molecule has 0 saturated carbocycles. The van der Waals surface area contributed by atoms with E-state index in [0.29, 0.717) is 5.02 Å². The number of ether oxygens (including phenoxy) is 1. The van der Waals surface area contributed by atoms with E-state index < -0.39 is 20.0 Å². The minimum atomic E-state index is -3.79. The van der Waals surface area contributed by atoms with E-state index in [1.807, 2.05) is 0 Å². The van der Waals surface area contributed by atoms with Crippen LogP contribution in [0.1, 0.15) is 0 Å². The molecule has 1 aliphatic heterocycles. The van der Waals surface area contributed by atoms with E-state index >= 15 is 0 Å². The Morgan fingerprint density at radius 2 is 1.79 bits per heavy atom. The van der Waals surface area contributed by atoms with Crippen molar-refractivity contribution in [3.63, 3.8) is 0 Å². The van der Waals surface area contributed by atoms with Crippen LogP contribution in [0.3, 0.4) is 0 Å². The Morgan fingerprint density at radius 3 is 2.32 bits per heavy atom. The van der Waals surface area contributed by atoms with Crippen molar-refractivity contribution in [1.29, 1.82) is 0 Å². The summed E-state index contributed by atoms with van der Waals surface area (Å²) in [6.07, 6.45) is -1.14. The molecule has 1 saturated heterocycles. The fraction of sp³-hybridized carbons (Fsp3) is 0.400. The highest BCUT2D eigenvalue weighted by Crippen LogP contribution is 2.38. The average Bonchev–Trinajstić information content (AvgIpc) is 2.78.